The Labute approximate surface area is 185 Å². The molecule has 2 heteroatoms. The molecule has 6 rings (SSSR count). The molecule has 0 heterocycles. The Morgan fingerprint density at radius 2 is 1.29 bits per heavy atom. The molecule has 0 radical (unpaired) electrons. The molecule has 0 aliphatic heterocycles. The van der Waals surface area contributed by atoms with Crippen molar-refractivity contribution in [2.75, 3.05) is 0 Å². The molecule has 31 heavy (non-hydrogen) atoms. The maximum atomic E-state index is 14.1. The molecule has 0 atom stereocenters. The number of Topliss-reactive ketones (excluding diaryl/α,β-unsaturated/α-hetero) is 1. The summed E-state index contributed by atoms with van der Waals surface area (Å²) in [6, 6.07) is 37.2. The minimum atomic E-state index is 0.105. The van der Waals surface area contributed by atoms with Gasteiger partial charge in [0.15, 0.2) is 0 Å². The van der Waals surface area contributed by atoms with E-state index in [4.69, 9.17) is 0 Å². The Balaban J connectivity index is 1.73. The SMILES string of the molecule is O=C1C(Sc2ccccc2)=C(c2ccccc2)c2cccc3cc4ccccc4c1c23. The first-order valence-corrected chi connectivity index (χ1v) is 11.1. The van der Waals surface area contributed by atoms with Crippen LogP contribution >= 0.6 is 11.8 Å². The van der Waals surface area contributed by atoms with E-state index < -0.39 is 0 Å². The summed E-state index contributed by atoms with van der Waals surface area (Å²) in [5, 5.41) is 4.28. The summed E-state index contributed by atoms with van der Waals surface area (Å²) in [7, 11) is 0. The van der Waals surface area contributed by atoms with Gasteiger partial charge in [0.2, 0.25) is 5.78 Å². The van der Waals surface area contributed by atoms with Crippen LogP contribution in [0.15, 0.2) is 119 Å². The van der Waals surface area contributed by atoms with Crippen molar-refractivity contribution in [3.05, 3.63) is 131 Å². The van der Waals surface area contributed by atoms with Gasteiger partial charge in [0, 0.05) is 21.4 Å². The number of carbonyl (C=O) groups is 1. The number of hydrogen-bond donors (Lipinski definition) is 0. The molecule has 0 spiro atoms. The molecule has 146 valence electrons. The van der Waals surface area contributed by atoms with Gasteiger partial charge in [-0.1, -0.05) is 103 Å². The minimum absolute atomic E-state index is 0.105. The first-order valence-electron chi connectivity index (χ1n) is 10.3. The van der Waals surface area contributed by atoms with Crippen LogP contribution in [0, 0.1) is 0 Å². The first kappa shape index (κ1) is 18.2. The molecule has 0 unspecified atom stereocenters. The van der Waals surface area contributed by atoms with Crippen LogP contribution in [-0.4, -0.2) is 5.78 Å². The van der Waals surface area contributed by atoms with Gasteiger partial charge in [0.1, 0.15) is 0 Å². The normalized spacial score (nSPS) is 13.2. The summed E-state index contributed by atoms with van der Waals surface area (Å²) in [6.07, 6.45) is 0. The lowest BCUT2D eigenvalue weighted by atomic mass is 9.82. The first-order chi connectivity index (χ1) is 15.3. The molecule has 0 bridgehead atoms. The maximum Gasteiger partial charge on any atom is 0.201 e. The molecule has 0 fully saturated rings. The predicted octanol–water partition coefficient (Wildman–Crippen LogP) is 7.74. The third-order valence-electron chi connectivity index (χ3n) is 5.84. The Kier molecular flexibility index (Phi) is 4.26. The largest absolute Gasteiger partial charge is 0.288 e. The molecular weight excluding hydrogens is 396 g/mol. The van der Waals surface area contributed by atoms with Gasteiger partial charge in [-0.3, -0.25) is 4.79 Å². The average Bonchev–Trinajstić information content (AvgIpc) is 2.83. The zero-order valence-electron chi connectivity index (χ0n) is 16.7. The van der Waals surface area contributed by atoms with Crippen molar-refractivity contribution in [2.45, 2.75) is 4.90 Å². The summed E-state index contributed by atoms with van der Waals surface area (Å²) in [4.78, 5) is 16.0. The van der Waals surface area contributed by atoms with Gasteiger partial charge in [-0.05, 0) is 45.5 Å². The summed E-state index contributed by atoms with van der Waals surface area (Å²) in [5.41, 5.74) is 4.04. The predicted molar refractivity (Wildman–Crippen MR) is 131 cm³/mol. The van der Waals surface area contributed by atoms with E-state index in [-0.39, 0.29) is 5.78 Å². The van der Waals surface area contributed by atoms with Crippen molar-refractivity contribution in [1.82, 2.24) is 0 Å². The molecule has 1 aliphatic rings. The van der Waals surface area contributed by atoms with Crippen molar-refractivity contribution >= 4 is 44.7 Å². The van der Waals surface area contributed by atoms with Gasteiger partial charge >= 0.3 is 0 Å². The van der Waals surface area contributed by atoms with Crippen LogP contribution in [0.2, 0.25) is 0 Å². The Hall–Kier alpha value is -3.62. The second kappa shape index (κ2) is 7.26. The topological polar surface area (TPSA) is 17.1 Å². The molecule has 0 saturated heterocycles. The van der Waals surface area contributed by atoms with Crippen molar-refractivity contribution in [3.8, 4) is 0 Å². The molecule has 1 nitrogen and oxygen atoms in total. The molecule has 0 aromatic heterocycles. The number of fused-ring (bicyclic) bond motifs is 2. The highest BCUT2D eigenvalue weighted by Crippen LogP contribution is 2.47. The number of benzene rings is 5. The van der Waals surface area contributed by atoms with E-state index in [1.54, 1.807) is 11.8 Å². The van der Waals surface area contributed by atoms with Gasteiger partial charge in [-0.2, -0.15) is 0 Å². The van der Waals surface area contributed by atoms with Crippen LogP contribution in [-0.2, 0) is 0 Å². The smallest absolute Gasteiger partial charge is 0.201 e. The van der Waals surface area contributed by atoms with Crippen LogP contribution in [0.5, 0.6) is 0 Å². The van der Waals surface area contributed by atoms with Crippen LogP contribution < -0.4 is 0 Å². The quantitative estimate of drug-likeness (QED) is 0.281. The van der Waals surface area contributed by atoms with Crippen LogP contribution in [0.3, 0.4) is 0 Å². The summed E-state index contributed by atoms with van der Waals surface area (Å²) in [5.74, 6) is 0.105. The lowest BCUT2D eigenvalue weighted by molar-refractivity contribution is 0.104. The average molecular weight is 415 g/mol. The van der Waals surface area contributed by atoms with Crippen LogP contribution in [0.25, 0.3) is 27.1 Å². The zero-order chi connectivity index (χ0) is 20.8. The van der Waals surface area contributed by atoms with Crippen molar-refractivity contribution < 1.29 is 4.79 Å². The molecule has 5 aromatic rings. The highest BCUT2D eigenvalue weighted by Gasteiger charge is 2.30. The van der Waals surface area contributed by atoms with E-state index in [1.165, 1.54) is 0 Å². The Morgan fingerprint density at radius 3 is 2.10 bits per heavy atom. The van der Waals surface area contributed by atoms with Crippen LogP contribution in [0.1, 0.15) is 21.5 Å². The summed E-state index contributed by atoms with van der Waals surface area (Å²) >= 11 is 1.56. The van der Waals surface area contributed by atoms with E-state index in [0.717, 1.165) is 53.6 Å². The van der Waals surface area contributed by atoms with Gasteiger partial charge in [-0.25, -0.2) is 0 Å². The third kappa shape index (κ3) is 2.91. The number of carbonyl (C=O) groups excluding carboxylic acids is 1. The van der Waals surface area contributed by atoms with E-state index in [9.17, 15) is 4.79 Å². The number of rotatable bonds is 3. The maximum absolute atomic E-state index is 14.1. The Morgan fingerprint density at radius 1 is 0.613 bits per heavy atom. The molecular formula is C29H18OS. The van der Waals surface area contributed by atoms with Crippen molar-refractivity contribution in [2.24, 2.45) is 0 Å². The lowest BCUT2D eigenvalue weighted by Gasteiger charge is -2.24. The number of ketones is 1. The minimum Gasteiger partial charge on any atom is -0.288 e. The molecule has 0 N–H and O–H groups in total. The highest BCUT2D eigenvalue weighted by atomic mass is 32.2. The number of allylic oxidation sites excluding steroid dienone is 1. The number of hydrogen-bond acceptors (Lipinski definition) is 2. The monoisotopic (exact) mass is 414 g/mol. The lowest BCUT2D eigenvalue weighted by Crippen LogP contribution is -2.12. The fourth-order valence-electron chi connectivity index (χ4n) is 4.51. The van der Waals surface area contributed by atoms with E-state index in [2.05, 4.69) is 60.7 Å². The highest BCUT2D eigenvalue weighted by molar-refractivity contribution is 8.04. The standard InChI is InChI=1S/C29H18OS/c30-28-27-23-16-8-7-12-20(23)18-21-13-9-17-24(25(21)27)26(19-10-3-1-4-11-19)29(28)31-22-14-5-2-6-15-22/h1-18H. The third-order valence-corrected chi connectivity index (χ3v) is 6.94. The Bertz CT molecular complexity index is 1500. The van der Waals surface area contributed by atoms with E-state index >= 15 is 0 Å². The fourth-order valence-corrected chi connectivity index (χ4v) is 5.56. The van der Waals surface area contributed by atoms with Crippen molar-refractivity contribution in [3.63, 3.8) is 0 Å². The number of thioether (sulfide) groups is 1. The van der Waals surface area contributed by atoms with E-state index in [0.29, 0.717) is 0 Å². The van der Waals surface area contributed by atoms with Gasteiger partial charge in [0.05, 0.1) is 4.91 Å². The second-order valence-electron chi connectivity index (χ2n) is 7.69. The molecule has 0 amide bonds. The summed E-state index contributed by atoms with van der Waals surface area (Å²) in [6.45, 7) is 0. The molecule has 1 aliphatic carbocycles. The molecule has 5 aromatic carbocycles. The van der Waals surface area contributed by atoms with Gasteiger partial charge < -0.3 is 0 Å². The summed E-state index contributed by atoms with van der Waals surface area (Å²) < 4.78 is 0. The second-order valence-corrected chi connectivity index (χ2v) is 8.77. The van der Waals surface area contributed by atoms with Crippen LogP contribution in [0.4, 0.5) is 0 Å². The van der Waals surface area contributed by atoms with Gasteiger partial charge in [0.25, 0.3) is 0 Å². The molecule has 0 saturated carbocycles. The van der Waals surface area contributed by atoms with Crippen molar-refractivity contribution in [1.29, 1.82) is 0 Å². The fraction of sp³-hybridized carbons (Fsp3) is 0. The van der Waals surface area contributed by atoms with Gasteiger partial charge in [-0.15, -0.1) is 0 Å². The van der Waals surface area contributed by atoms with E-state index in [1.807, 2.05) is 48.5 Å². The zero-order valence-corrected chi connectivity index (χ0v) is 17.5.